The van der Waals surface area contributed by atoms with Gasteiger partial charge in [0.25, 0.3) is 0 Å². The van der Waals surface area contributed by atoms with Crippen LogP contribution in [0, 0.1) is 29.1 Å². The highest BCUT2D eigenvalue weighted by Crippen LogP contribution is 2.73. The van der Waals surface area contributed by atoms with Gasteiger partial charge in [0.15, 0.2) is 0 Å². The predicted molar refractivity (Wildman–Crippen MR) is 94.3 cm³/mol. The Balaban J connectivity index is 1.53. The maximum absolute atomic E-state index is 13.2. The molecule has 4 aliphatic rings. The van der Waals surface area contributed by atoms with Crippen molar-refractivity contribution in [2.24, 2.45) is 29.1 Å². The Bertz CT molecular complexity index is 833. The van der Waals surface area contributed by atoms with E-state index in [1.54, 1.807) is 38.1 Å². The summed E-state index contributed by atoms with van der Waals surface area (Å²) in [7, 11) is 0. The molecule has 0 aromatic heterocycles. The van der Waals surface area contributed by atoms with Crippen LogP contribution < -0.4 is 4.90 Å². The number of anilines is 1. The molecule has 1 heterocycles. The Labute approximate surface area is 152 Å². The number of imide groups is 1. The van der Waals surface area contributed by atoms with Crippen molar-refractivity contribution in [1.29, 1.82) is 0 Å². The fourth-order valence-electron chi connectivity index (χ4n) is 5.43. The summed E-state index contributed by atoms with van der Waals surface area (Å²) in [5.74, 6) is -1.01. The Kier molecular flexibility index (Phi) is 3.07. The van der Waals surface area contributed by atoms with Gasteiger partial charge in [0.2, 0.25) is 11.8 Å². The van der Waals surface area contributed by atoms with Crippen molar-refractivity contribution in [3.8, 4) is 0 Å². The van der Waals surface area contributed by atoms with E-state index in [0.717, 1.165) is 12.8 Å². The lowest BCUT2D eigenvalue weighted by Gasteiger charge is -2.23. The van der Waals surface area contributed by atoms with Crippen LogP contribution in [-0.2, 0) is 14.3 Å². The van der Waals surface area contributed by atoms with Gasteiger partial charge in [0.1, 0.15) is 0 Å². The number of ether oxygens (including phenoxy) is 1. The van der Waals surface area contributed by atoms with Gasteiger partial charge in [-0.2, -0.15) is 0 Å². The quantitative estimate of drug-likeness (QED) is 0.477. The van der Waals surface area contributed by atoms with Crippen LogP contribution in [0.5, 0.6) is 0 Å². The van der Waals surface area contributed by atoms with Crippen molar-refractivity contribution in [3.05, 3.63) is 42.0 Å². The third-order valence-electron chi connectivity index (χ3n) is 6.56. The fourth-order valence-corrected chi connectivity index (χ4v) is 5.43. The van der Waals surface area contributed by atoms with Gasteiger partial charge in [-0.15, -0.1) is 0 Å². The van der Waals surface area contributed by atoms with Crippen molar-refractivity contribution >= 4 is 23.5 Å². The number of allylic oxidation sites excluding steroid dienone is 2. The number of carbonyl (C=O) groups is 3. The normalized spacial score (nSPS) is 32.7. The molecule has 2 saturated carbocycles. The Morgan fingerprint density at radius 2 is 1.65 bits per heavy atom. The molecule has 2 amide bonds. The SMILES string of the molecule is CC(C)OC(=O)c1ccccc1N1C(=O)[C@@H]2[C@@H](C1=O)[C@H]1C=C[C@H]2C12CC2. The van der Waals surface area contributed by atoms with Crippen LogP contribution in [0.2, 0.25) is 0 Å². The molecule has 26 heavy (non-hydrogen) atoms. The largest absolute Gasteiger partial charge is 0.459 e. The molecule has 2 bridgehead atoms. The summed E-state index contributed by atoms with van der Waals surface area (Å²) >= 11 is 0. The van der Waals surface area contributed by atoms with E-state index in [9.17, 15) is 14.4 Å². The fraction of sp³-hybridized carbons (Fsp3) is 0.476. The first-order chi connectivity index (χ1) is 12.5. The number of nitrogens with zero attached hydrogens (tertiary/aromatic N) is 1. The van der Waals surface area contributed by atoms with Crippen molar-refractivity contribution in [2.75, 3.05) is 4.90 Å². The Morgan fingerprint density at radius 3 is 2.19 bits per heavy atom. The molecule has 5 heteroatoms. The zero-order valence-corrected chi connectivity index (χ0v) is 14.8. The first-order valence-electron chi connectivity index (χ1n) is 9.32. The van der Waals surface area contributed by atoms with Crippen molar-refractivity contribution in [1.82, 2.24) is 0 Å². The average Bonchev–Trinajstić information content (AvgIpc) is 3.19. The van der Waals surface area contributed by atoms with Crippen molar-refractivity contribution in [3.63, 3.8) is 0 Å². The van der Waals surface area contributed by atoms with E-state index >= 15 is 0 Å². The van der Waals surface area contributed by atoms with Gasteiger partial charge in [-0.25, -0.2) is 9.69 Å². The van der Waals surface area contributed by atoms with Gasteiger partial charge in [0.05, 0.1) is 29.2 Å². The molecular weight excluding hydrogens is 330 g/mol. The maximum atomic E-state index is 13.2. The van der Waals surface area contributed by atoms with E-state index in [4.69, 9.17) is 4.74 Å². The number of para-hydroxylation sites is 1. The van der Waals surface area contributed by atoms with Gasteiger partial charge >= 0.3 is 5.97 Å². The molecule has 5 nitrogen and oxygen atoms in total. The van der Waals surface area contributed by atoms with Crippen LogP contribution in [0.25, 0.3) is 0 Å². The number of hydrogen-bond donors (Lipinski definition) is 0. The van der Waals surface area contributed by atoms with E-state index in [1.165, 1.54) is 4.90 Å². The molecule has 3 aliphatic carbocycles. The highest BCUT2D eigenvalue weighted by molar-refractivity contribution is 6.24. The summed E-state index contributed by atoms with van der Waals surface area (Å²) in [5.41, 5.74) is 0.791. The zero-order valence-electron chi connectivity index (χ0n) is 14.8. The smallest absolute Gasteiger partial charge is 0.340 e. The third-order valence-corrected chi connectivity index (χ3v) is 6.56. The molecule has 134 valence electrons. The van der Waals surface area contributed by atoms with Crippen LogP contribution >= 0.6 is 0 Å². The van der Waals surface area contributed by atoms with Crippen LogP contribution in [0.3, 0.4) is 0 Å². The number of carbonyl (C=O) groups excluding carboxylic acids is 3. The summed E-state index contributed by atoms with van der Waals surface area (Å²) in [6.45, 7) is 3.55. The van der Waals surface area contributed by atoms with E-state index < -0.39 is 5.97 Å². The van der Waals surface area contributed by atoms with Crippen LogP contribution in [0.4, 0.5) is 5.69 Å². The van der Waals surface area contributed by atoms with Crippen molar-refractivity contribution < 1.29 is 19.1 Å². The molecule has 0 unspecified atom stereocenters. The standard InChI is InChI=1S/C21H21NO4/c1-11(2)26-20(25)12-5-3-4-6-15(12)22-18(23)16-13-7-8-14(17(16)19(22)24)21(13)9-10-21/h3-8,11,13-14,16-17H,9-10H2,1-2H3/t13-,14-,16+,17+/m1/s1. The van der Waals surface area contributed by atoms with Crippen LogP contribution in [-0.4, -0.2) is 23.9 Å². The molecule has 1 saturated heterocycles. The first kappa shape index (κ1) is 15.8. The van der Waals surface area contributed by atoms with Gasteiger partial charge in [-0.3, -0.25) is 9.59 Å². The second-order valence-corrected chi connectivity index (χ2v) is 8.20. The molecule has 1 aromatic rings. The number of benzene rings is 1. The molecule has 4 atom stereocenters. The Morgan fingerprint density at radius 1 is 1.08 bits per heavy atom. The lowest BCUT2D eigenvalue weighted by Crippen LogP contribution is -2.36. The highest BCUT2D eigenvalue weighted by Gasteiger charge is 2.73. The van der Waals surface area contributed by atoms with Crippen LogP contribution in [0.1, 0.15) is 37.0 Å². The number of esters is 1. The molecule has 1 aliphatic heterocycles. The topological polar surface area (TPSA) is 63.7 Å². The number of amides is 2. The first-order valence-corrected chi connectivity index (χ1v) is 9.32. The highest BCUT2D eigenvalue weighted by atomic mass is 16.5. The number of hydrogen-bond acceptors (Lipinski definition) is 4. The monoisotopic (exact) mass is 351 g/mol. The predicted octanol–water partition coefficient (Wildman–Crippen LogP) is 2.95. The molecule has 0 N–H and O–H groups in total. The molecule has 0 radical (unpaired) electrons. The van der Waals surface area contributed by atoms with E-state index in [2.05, 4.69) is 12.2 Å². The lowest BCUT2D eigenvalue weighted by molar-refractivity contribution is -0.123. The molecule has 3 fully saturated rings. The molecular formula is C21H21NO4. The van der Waals surface area contributed by atoms with Crippen molar-refractivity contribution in [2.45, 2.75) is 32.8 Å². The zero-order chi connectivity index (χ0) is 18.2. The summed E-state index contributed by atoms with van der Waals surface area (Å²) in [5, 5.41) is 0. The molecule has 1 spiro atoms. The summed E-state index contributed by atoms with van der Waals surface area (Å²) in [6.07, 6.45) is 6.24. The minimum absolute atomic E-state index is 0.159. The summed E-state index contributed by atoms with van der Waals surface area (Å²) in [4.78, 5) is 40.1. The molecule has 1 aromatic carbocycles. The van der Waals surface area contributed by atoms with E-state index in [1.807, 2.05) is 0 Å². The molecule has 5 rings (SSSR count). The number of rotatable bonds is 3. The minimum atomic E-state index is -0.506. The van der Waals surface area contributed by atoms with Gasteiger partial charge < -0.3 is 4.74 Å². The minimum Gasteiger partial charge on any atom is -0.459 e. The second-order valence-electron chi connectivity index (χ2n) is 8.20. The maximum Gasteiger partial charge on any atom is 0.340 e. The summed E-state index contributed by atoms with van der Waals surface area (Å²) < 4.78 is 5.30. The number of fused-ring (bicyclic) bond motifs is 3. The Hall–Kier alpha value is -2.43. The van der Waals surface area contributed by atoms with E-state index in [-0.39, 0.29) is 52.6 Å². The van der Waals surface area contributed by atoms with Crippen LogP contribution in [0.15, 0.2) is 36.4 Å². The van der Waals surface area contributed by atoms with Gasteiger partial charge in [-0.05, 0) is 56.1 Å². The second kappa shape index (κ2) is 5.06. The lowest BCUT2D eigenvalue weighted by atomic mass is 9.85. The van der Waals surface area contributed by atoms with E-state index in [0.29, 0.717) is 5.69 Å². The average molecular weight is 351 g/mol. The third kappa shape index (κ3) is 1.83. The summed E-state index contributed by atoms with van der Waals surface area (Å²) in [6, 6.07) is 6.74. The van der Waals surface area contributed by atoms with Gasteiger partial charge in [0, 0.05) is 0 Å². The van der Waals surface area contributed by atoms with Gasteiger partial charge in [-0.1, -0.05) is 24.3 Å².